The SMILES string of the molecule is CC(C)c1noc(-c2ccnc(N(C)CCN(C)CC(F)F)c2)n1. The van der Waals surface area contributed by atoms with Gasteiger partial charge < -0.3 is 9.42 Å². The second-order valence-corrected chi connectivity index (χ2v) is 6.09. The predicted octanol–water partition coefficient (Wildman–Crippen LogP) is 2.89. The maximum absolute atomic E-state index is 12.3. The van der Waals surface area contributed by atoms with Gasteiger partial charge in [0, 0.05) is 37.8 Å². The molecule has 0 saturated carbocycles. The van der Waals surface area contributed by atoms with Crippen molar-refractivity contribution in [1.82, 2.24) is 20.0 Å². The molecule has 0 saturated heterocycles. The van der Waals surface area contributed by atoms with Crippen molar-refractivity contribution in [2.45, 2.75) is 26.2 Å². The third-order valence-electron chi connectivity index (χ3n) is 3.61. The molecule has 132 valence electrons. The second kappa shape index (κ2) is 8.14. The fourth-order valence-corrected chi connectivity index (χ4v) is 2.11. The first-order chi connectivity index (χ1) is 11.4. The van der Waals surface area contributed by atoms with Crippen LogP contribution in [0.4, 0.5) is 14.6 Å². The standard InChI is InChI=1S/C16H23F2N5O/c1-11(2)15-20-16(24-21-15)12-5-6-19-14(9-12)23(4)8-7-22(3)10-13(17)18/h5-6,9,11,13H,7-8,10H2,1-4H3. The van der Waals surface area contributed by atoms with Crippen LogP contribution in [-0.2, 0) is 0 Å². The van der Waals surface area contributed by atoms with Gasteiger partial charge in [-0.05, 0) is 19.2 Å². The summed E-state index contributed by atoms with van der Waals surface area (Å²) >= 11 is 0. The quantitative estimate of drug-likeness (QED) is 0.737. The Morgan fingerprint density at radius 3 is 2.58 bits per heavy atom. The summed E-state index contributed by atoms with van der Waals surface area (Å²) in [7, 11) is 3.55. The zero-order chi connectivity index (χ0) is 17.7. The molecule has 0 atom stereocenters. The van der Waals surface area contributed by atoms with Crippen molar-refractivity contribution in [2.24, 2.45) is 0 Å². The monoisotopic (exact) mass is 339 g/mol. The van der Waals surface area contributed by atoms with E-state index in [4.69, 9.17) is 4.52 Å². The Kier molecular flexibility index (Phi) is 6.19. The van der Waals surface area contributed by atoms with Crippen LogP contribution >= 0.6 is 0 Å². The smallest absolute Gasteiger partial charge is 0.258 e. The highest BCUT2D eigenvalue weighted by Crippen LogP contribution is 2.22. The molecule has 0 N–H and O–H groups in total. The molecule has 0 aromatic carbocycles. The van der Waals surface area contributed by atoms with Crippen molar-refractivity contribution in [3.8, 4) is 11.5 Å². The van der Waals surface area contributed by atoms with Crippen LogP contribution in [0, 0.1) is 0 Å². The fourth-order valence-electron chi connectivity index (χ4n) is 2.11. The number of anilines is 1. The molecule has 0 aliphatic rings. The summed E-state index contributed by atoms with van der Waals surface area (Å²) in [6.45, 7) is 4.86. The molecule has 8 heteroatoms. The number of hydrogen-bond acceptors (Lipinski definition) is 6. The molecule has 6 nitrogen and oxygen atoms in total. The van der Waals surface area contributed by atoms with Gasteiger partial charge in [0.15, 0.2) is 5.82 Å². The number of rotatable bonds is 8. The van der Waals surface area contributed by atoms with Gasteiger partial charge in [-0.2, -0.15) is 4.98 Å². The Morgan fingerprint density at radius 2 is 1.96 bits per heavy atom. The van der Waals surface area contributed by atoms with E-state index in [1.54, 1.807) is 24.2 Å². The lowest BCUT2D eigenvalue weighted by Gasteiger charge is -2.22. The minimum Gasteiger partial charge on any atom is -0.358 e. The van der Waals surface area contributed by atoms with Crippen LogP contribution in [-0.4, -0.2) is 60.2 Å². The van der Waals surface area contributed by atoms with Crippen LogP contribution in [0.15, 0.2) is 22.9 Å². The van der Waals surface area contributed by atoms with E-state index in [1.807, 2.05) is 31.9 Å². The number of alkyl halides is 2. The lowest BCUT2D eigenvalue weighted by atomic mass is 10.2. The molecule has 0 aliphatic heterocycles. The van der Waals surface area contributed by atoms with E-state index in [9.17, 15) is 8.78 Å². The summed E-state index contributed by atoms with van der Waals surface area (Å²) in [5.74, 6) is 2.02. The van der Waals surface area contributed by atoms with Crippen molar-refractivity contribution >= 4 is 5.82 Å². The van der Waals surface area contributed by atoms with Crippen molar-refractivity contribution in [2.75, 3.05) is 38.6 Å². The second-order valence-electron chi connectivity index (χ2n) is 6.09. The average molecular weight is 339 g/mol. The van der Waals surface area contributed by atoms with E-state index >= 15 is 0 Å². The zero-order valence-electron chi connectivity index (χ0n) is 14.4. The van der Waals surface area contributed by atoms with Crippen molar-refractivity contribution in [3.63, 3.8) is 0 Å². The van der Waals surface area contributed by atoms with E-state index in [-0.39, 0.29) is 12.5 Å². The molecule has 0 unspecified atom stereocenters. The first-order valence-electron chi connectivity index (χ1n) is 7.84. The summed E-state index contributed by atoms with van der Waals surface area (Å²) in [5.41, 5.74) is 0.784. The molecule has 24 heavy (non-hydrogen) atoms. The van der Waals surface area contributed by atoms with Gasteiger partial charge in [0.25, 0.3) is 12.3 Å². The highest BCUT2D eigenvalue weighted by Gasteiger charge is 2.14. The summed E-state index contributed by atoms with van der Waals surface area (Å²) in [4.78, 5) is 12.2. The van der Waals surface area contributed by atoms with Crippen LogP contribution < -0.4 is 4.90 Å². The Labute approximate surface area is 140 Å². The summed E-state index contributed by atoms with van der Waals surface area (Å²) in [6, 6.07) is 3.66. The maximum Gasteiger partial charge on any atom is 0.258 e. The molecular formula is C16H23F2N5O. The normalized spacial score (nSPS) is 11.7. The van der Waals surface area contributed by atoms with E-state index in [1.165, 1.54) is 0 Å². The molecule has 2 aromatic heterocycles. The van der Waals surface area contributed by atoms with E-state index in [0.29, 0.717) is 24.8 Å². The highest BCUT2D eigenvalue weighted by molar-refractivity contribution is 5.58. The number of nitrogens with zero attached hydrogens (tertiary/aromatic N) is 5. The number of pyridine rings is 1. The first kappa shape index (κ1) is 18.3. The van der Waals surface area contributed by atoms with Crippen LogP contribution in [0.2, 0.25) is 0 Å². The average Bonchev–Trinajstić information content (AvgIpc) is 3.02. The van der Waals surface area contributed by atoms with Crippen LogP contribution in [0.3, 0.4) is 0 Å². The molecule has 2 aromatic rings. The van der Waals surface area contributed by atoms with E-state index < -0.39 is 6.43 Å². The molecule has 0 spiro atoms. The number of likely N-dealkylation sites (N-methyl/N-ethyl adjacent to an activating group) is 2. The van der Waals surface area contributed by atoms with E-state index in [0.717, 1.165) is 11.4 Å². The molecule has 2 rings (SSSR count). The van der Waals surface area contributed by atoms with Gasteiger partial charge in [-0.1, -0.05) is 19.0 Å². The Morgan fingerprint density at radius 1 is 1.21 bits per heavy atom. The number of aromatic nitrogens is 3. The summed E-state index contributed by atoms with van der Waals surface area (Å²) in [5, 5.41) is 3.96. The van der Waals surface area contributed by atoms with Gasteiger partial charge >= 0.3 is 0 Å². The molecule has 0 fully saturated rings. The minimum absolute atomic E-state index is 0.192. The Hall–Kier alpha value is -2.09. The third-order valence-corrected chi connectivity index (χ3v) is 3.61. The third kappa shape index (κ3) is 4.95. The zero-order valence-corrected chi connectivity index (χ0v) is 14.4. The fraction of sp³-hybridized carbons (Fsp3) is 0.562. The van der Waals surface area contributed by atoms with Crippen molar-refractivity contribution < 1.29 is 13.3 Å². The summed E-state index contributed by atoms with van der Waals surface area (Å²) < 4.78 is 30.0. The van der Waals surface area contributed by atoms with Crippen molar-refractivity contribution in [3.05, 3.63) is 24.2 Å². The highest BCUT2D eigenvalue weighted by atomic mass is 19.3. The van der Waals surface area contributed by atoms with Gasteiger partial charge in [0.1, 0.15) is 5.82 Å². The molecule has 2 heterocycles. The Bertz CT molecular complexity index is 647. The van der Waals surface area contributed by atoms with E-state index in [2.05, 4.69) is 15.1 Å². The van der Waals surface area contributed by atoms with Gasteiger partial charge in [0.2, 0.25) is 0 Å². The van der Waals surface area contributed by atoms with Crippen LogP contribution in [0.5, 0.6) is 0 Å². The van der Waals surface area contributed by atoms with Gasteiger partial charge in [0.05, 0.1) is 6.54 Å². The number of hydrogen-bond donors (Lipinski definition) is 0. The lowest BCUT2D eigenvalue weighted by molar-refractivity contribution is 0.102. The van der Waals surface area contributed by atoms with Crippen LogP contribution in [0.1, 0.15) is 25.6 Å². The lowest BCUT2D eigenvalue weighted by Crippen LogP contribution is -2.33. The topological polar surface area (TPSA) is 58.3 Å². The molecule has 0 bridgehead atoms. The van der Waals surface area contributed by atoms with Gasteiger partial charge in [-0.3, -0.25) is 4.90 Å². The van der Waals surface area contributed by atoms with Crippen LogP contribution in [0.25, 0.3) is 11.5 Å². The van der Waals surface area contributed by atoms with Gasteiger partial charge in [-0.25, -0.2) is 13.8 Å². The number of halogens is 2. The molecule has 0 amide bonds. The van der Waals surface area contributed by atoms with Crippen molar-refractivity contribution in [1.29, 1.82) is 0 Å². The first-order valence-corrected chi connectivity index (χ1v) is 7.84. The summed E-state index contributed by atoms with van der Waals surface area (Å²) in [6.07, 6.45) is -0.655. The Balaban J connectivity index is 2.03. The molecule has 0 aliphatic carbocycles. The minimum atomic E-state index is -2.32. The van der Waals surface area contributed by atoms with Gasteiger partial charge in [-0.15, -0.1) is 0 Å². The largest absolute Gasteiger partial charge is 0.358 e. The predicted molar refractivity (Wildman–Crippen MR) is 88.4 cm³/mol. The maximum atomic E-state index is 12.3. The molecule has 0 radical (unpaired) electrons. The molecular weight excluding hydrogens is 316 g/mol.